The topological polar surface area (TPSA) is 26.3 Å². The Morgan fingerprint density at radius 1 is 1.15 bits per heavy atom. The van der Waals surface area contributed by atoms with E-state index in [0.29, 0.717) is 5.75 Å². The van der Waals surface area contributed by atoms with Gasteiger partial charge in [-0.2, -0.15) is 0 Å². The minimum absolute atomic E-state index is 0.282. The number of carbonyl (C=O) groups excluding carboxylic acids is 1. The van der Waals surface area contributed by atoms with Gasteiger partial charge in [-0.3, -0.25) is 4.79 Å². The molecule has 0 heterocycles. The van der Waals surface area contributed by atoms with Crippen molar-refractivity contribution in [1.29, 1.82) is 0 Å². The van der Waals surface area contributed by atoms with Gasteiger partial charge in [-0.05, 0) is 79.9 Å². The van der Waals surface area contributed by atoms with E-state index >= 15 is 0 Å². The van der Waals surface area contributed by atoms with Gasteiger partial charge in [-0.25, -0.2) is 0 Å². The maximum atomic E-state index is 10.7. The molecule has 0 aliphatic rings. The van der Waals surface area contributed by atoms with Gasteiger partial charge in [0.25, 0.3) is 0 Å². The fourth-order valence-corrected chi connectivity index (χ4v) is 2.82. The van der Waals surface area contributed by atoms with E-state index in [1.54, 1.807) is 0 Å². The Kier molecular flexibility index (Phi) is 4.69. The number of halogens is 3. The zero-order valence-electron chi connectivity index (χ0n) is 6.61. The lowest BCUT2D eigenvalue weighted by Gasteiger charge is -2.05. The second-order valence-corrected chi connectivity index (χ2v) is 5.78. The van der Waals surface area contributed by atoms with Crippen LogP contribution in [0.4, 0.5) is 0 Å². The second-order valence-electron chi connectivity index (χ2n) is 2.29. The maximum Gasteiger partial charge on any atom is 0.308 e. The van der Waals surface area contributed by atoms with E-state index in [-0.39, 0.29) is 5.97 Å². The molecule has 0 saturated carbocycles. The predicted molar refractivity (Wildman–Crippen MR) is 75.9 cm³/mol. The van der Waals surface area contributed by atoms with Crippen LogP contribution in [0.2, 0.25) is 0 Å². The minimum Gasteiger partial charge on any atom is -0.426 e. The molecule has 0 spiro atoms. The van der Waals surface area contributed by atoms with E-state index in [1.807, 2.05) is 12.1 Å². The normalized spacial score (nSPS) is 9.85. The van der Waals surface area contributed by atoms with E-state index < -0.39 is 0 Å². The highest BCUT2D eigenvalue weighted by atomic mass is 127. The second kappa shape index (κ2) is 5.10. The number of hydrogen-bond acceptors (Lipinski definition) is 2. The van der Waals surface area contributed by atoms with Crippen LogP contribution in [0.3, 0.4) is 0 Å². The fourth-order valence-electron chi connectivity index (χ4n) is 0.737. The molecule has 0 aromatic heterocycles. The highest BCUT2D eigenvalue weighted by Gasteiger charge is 2.07. The summed E-state index contributed by atoms with van der Waals surface area (Å²) >= 11 is 6.61. The number of hydrogen-bond donors (Lipinski definition) is 0. The van der Waals surface area contributed by atoms with Gasteiger partial charge in [0.2, 0.25) is 0 Å². The zero-order valence-corrected chi connectivity index (χ0v) is 13.1. The van der Waals surface area contributed by atoms with Crippen LogP contribution in [0.5, 0.6) is 5.75 Å². The van der Waals surface area contributed by atoms with Crippen LogP contribution < -0.4 is 4.74 Å². The molecule has 0 N–H and O–H groups in total. The highest BCUT2D eigenvalue weighted by molar-refractivity contribution is 14.1. The molecule has 2 nitrogen and oxygen atoms in total. The van der Waals surface area contributed by atoms with Crippen molar-refractivity contribution in [1.82, 2.24) is 0 Å². The standard InChI is InChI=1S/C8H5I3O2/c1-4(12)13-8-3-6(10)5(9)2-7(8)11/h2-3H,1H3. The number of ether oxygens (including phenoxy) is 1. The van der Waals surface area contributed by atoms with Gasteiger partial charge in [-0.15, -0.1) is 0 Å². The largest absolute Gasteiger partial charge is 0.426 e. The van der Waals surface area contributed by atoms with E-state index in [0.717, 1.165) is 7.14 Å². The first-order valence-electron chi connectivity index (χ1n) is 3.33. The van der Waals surface area contributed by atoms with E-state index in [4.69, 9.17) is 4.74 Å². The summed E-state index contributed by atoms with van der Waals surface area (Å²) in [5.41, 5.74) is 0. The predicted octanol–water partition coefficient (Wildman–Crippen LogP) is 3.43. The molecule has 0 radical (unpaired) electrons. The summed E-state index contributed by atoms with van der Waals surface area (Å²) in [6.07, 6.45) is 0. The third-order valence-electron chi connectivity index (χ3n) is 1.23. The molecule has 5 heteroatoms. The molecule has 0 amide bonds. The average molecular weight is 514 g/mol. The molecule has 0 saturated heterocycles. The Bertz CT molecular complexity index is 349. The summed E-state index contributed by atoms with van der Waals surface area (Å²) in [6, 6.07) is 3.85. The highest BCUT2D eigenvalue weighted by Crippen LogP contribution is 2.27. The summed E-state index contributed by atoms with van der Waals surface area (Å²) in [7, 11) is 0. The Morgan fingerprint density at radius 3 is 2.23 bits per heavy atom. The van der Waals surface area contributed by atoms with Gasteiger partial charge in [0.1, 0.15) is 5.75 Å². The molecule has 1 rings (SSSR count). The molecular formula is C8H5I3O2. The van der Waals surface area contributed by atoms with Crippen LogP contribution in [0.25, 0.3) is 0 Å². The summed E-state index contributed by atoms with van der Waals surface area (Å²) in [4.78, 5) is 10.7. The summed E-state index contributed by atoms with van der Waals surface area (Å²) in [5.74, 6) is 0.354. The van der Waals surface area contributed by atoms with Gasteiger partial charge in [0.05, 0.1) is 3.57 Å². The van der Waals surface area contributed by atoms with Crippen LogP contribution in [0.15, 0.2) is 12.1 Å². The smallest absolute Gasteiger partial charge is 0.308 e. The Hall–Kier alpha value is 0.880. The molecule has 1 aromatic rings. The Labute approximate surface area is 117 Å². The van der Waals surface area contributed by atoms with Crippen LogP contribution in [-0.2, 0) is 4.79 Å². The quantitative estimate of drug-likeness (QED) is 0.249. The monoisotopic (exact) mass is 514 g/mol. The molecule has 13 heavy (non-hydrogen) atoms. The molecule has 70 valence electrons. The van der Waals surface area contributed by atoms with E-state index in [9.17, 15) is 4.79 Å². The number of benzene rings is 1. The third-order valence-corrected chi connectivity index (χ3v) is 4.89. The SMILES string of the molecule is CC(=O)Oc1cc(I)c(I)cc1I. The lowest BCUT2D eigenvalue weighted by molar-refractivity contribution is -0.131. The van der Waals surface area contributed by atoms with Crippen molar-refractivity contribution in [2.24, 2.45) is 0 Å². The number of rotatable bonds is 1. The van der Waals surface area contributed by atoms with Gasteiger partial charge >= 0.3 is 5.97 Å². The molecule has 1 aromatic carbocycles. The van der Waals surface area contributed by atoms with Crippen LogP contribution >= 0.6 is 67.8 Å². The minimum atomic E-state index is -0.282. The van der Waals surface area contributed by atoms with Crippen molar-refractivity contribution in [3.63, 3.8) is 0 Å². The molecular weight excluding hydrogens is 509 g/mol. The fraction of sp³-hybridized carbons (Fsp3) is 0.125. The van der Waals surface area contributed by atoms with Gasteiger partial charge in [0, 0.05) is 14.1 Å². The van der Waals surface area contributed by atoms with Gasteiger partial charge < -0.3 is 4.74 Å². The molecule has 0 fully saturated rings. The summed E-state index contributed by atoms with van der Waals surface area (Å²) < 4.78 is 8.24. The van der Waals surface area contributed by atoms with Crippen molar-refractivity contribution in [3.05, 3.63) is 22.8 Å². The Morgan fingerprint density at radius 2 is 1.69 bits per heavy atom. The lowest BCUT2D eigenvalue weighted by atomic mass is 10.3. The average Bonchev–Trinajstić information content (AvgIpc) is 1.99. The first-order chi connectivity index (χ1) is 6.00. The number of carbonyl (C=O) groups is 1. The maximum absolute atomic E-state index is 10.7. The summed E-state index contributed by atoms with van der Waals surface area (Å²) in [6.45, 7) is 1.40. The van der Waals surface area contributed by atoms with Crippen LogP contribution in [0, 0.1) is 10.7 Å². The van der Waals surface area contributed by atoms with E-state index in [2.05, 4.69) is 67.8 Å². The van der Waals surface area contributed by atoms with Gasteiger partial charge in [-0.1, -0.05) is 0 Å². The lowest BCUT2D eigenvalue weighted by Crippen LogP contribution is -2.03. The molecule has 0 bridgehead atoms. The van der Waals surface area contributed by atoms with Crippen LogP contribution in [-0.4, -0.2) is 5.97 Å². The third kappa shape index (κ3) is 3.50. The van der Waals surface area contributed by atoms with Gasteiger partial charge in [0.15, 0.2) is 0 Å². The molecule has 0 atom stereocenters. The zero-order chi connectivity index (χ0) is 10.0. The summed E-state index contributed by atoms with van der Waals surface area (Å²) in [5, 5.41) is 0. The van der Waals surface area contributed by atoms with Crippen molar-refractivity contribution in [2.75, 3.05) is 0 Å². The van der Waals surface area contributed by atoms with Crippen LogP contribution in [0.1, 0.15) is 6.92 Å². The molecule has 0 aliphatic carbocycles. The Balaban J connectivity index is 3.08. The van der Waals surface area contributed by atoms with Crippen molar-refractivity contribution < 1.29 is 9.53 Å². The first kappa shape index (κ1) is 12.0. The number of esters is 1. The first-order valence-corrected chi connectivity index (χ1v) is 6.57. The van der Waals surface area contributed by atoms with E-state index in [1.165, 1.54) is 10.5 Å². The molecule has 0 unspecified atom stereocenters. The van der Waals surface area contributed by atoms with Crippen molar-refractivity contribution >= 4 is 73.7 Å². The van der Waals surface area contributed by atoms with Crippen molar-refractivity contribution in [3.8, 4) is 5.75 Å². The molecule has 0 aliphatic heterocycles. The van der Waals surface area contributed by atoms with Crippen molar-refractivity contribution in [2.45, 2.75) is 6.92 Å².